The summed E-state index contributed by atoms with van der Waals surface area (Å²) in [5.41, 5.74) is 5.29. The molecule has 0 unspecified atom stereocenters. The third-order valence-corrected chi connectivity index (χ3v) is 1.31. The first-order valence-electron chi connectivity index (χ1n) is 3.79. The molecule has 0 aliphatic rings. The summed E-state index contributed by atoms with van der Waals surface area (Å²) in [4.78, 5) is 14.1. The predicted molar refractivity (Wildman–Crippen MR) is 45.3 cm³/mol. The van der Waals surface area contributed by atoms with Crippen LogP contribution in [0.15, 0.2) is 0 Å². The van der Waals surface area contributed by atoms with Gasteiger partial charge in [0.1, 0.15) is 12.4 Å². The largest absolute Gasteiger partial charge is 0.480 e. The number of anilines is 1. The van der Waals surface area contributed by atoms with Crippen LogP contribution >= 0.6 is 0 Å². The third-order valence-electron chi connectivity index (χ3n) is 1.31. The van der Waals surface area contributed by atoms with Crippen LogP contribution in [0.3, 0.4) is 0 Å². The summed E-state index contributed by atoms with van der Waals surface area (Å²) in [7, 11) is 0. The molecule has 0 fully saturated rings. The number of nitrogens with two attached hydrogens (primary N) is 1. The van der Waals surface area contributed by atoms with Gasteiger partial charge in [0.15, 0.2) is 0 Å². The van der Waals surface area contributed by atoms with Gasteiger partial charge in [-0.3, -0.25) is 9.89 Å². The molecule has 0 amide bonds. The molecule has 1 aromatic rings. The van der Waals surface area contributed by atoms with Gasteiger partial charge in [-0.25, -0.2) is 0 Å². The number of nitrogens with zero attached hydrogens (tertiary/aromatic N) is 2. The van der Waals surface area contributed by atoms with Crippen LogP contribution in [0.4, 0.5) is 5.95 Å². The van der Waals surface area contributed by atoms with Gasteiger partial charge in [0, 0.05) is 6.42 Å². The van der Waals surface area contributed by atoms with Crippen LogP contribution in [0, 0.1) is 0 Å². The van der Waals surface area contributed by atoms with Crippen molar-refractivity contribution in [2.24, 2.45) is 5.73 Å². The lowest BCUT2D eigenvalue weighted by molar-refractivity contribution is -0.134. The molecule has 5 N–H and O–H groups in total. The van der Waals surface area contributed by atoms with Crippen LogP contribution in [0.5, 0.6) is 0 Å². The maximum Gasteiger partial charge on any atom is 0.322 e. The van der Waals surface area contributed by atoms with E-state index in [0.29, 0.717) is 18.8 Å². The first-order valence-corrected chi connectivity index (χ1v) is 3.79. The molecule has 0 saturated carbocycles. The first kappa shape index (κ1) is 9.46. The van der Waals surface area contributed by atoms with Gasteiger partial charge >= 0.3 is 5.97 Å². The van der Waals surface area contributed by atoms with E-state index in [1.54, 1.807) is 0 Å². The van der Waals surface area contributed by atoms with Gasteiger partial charge in [0.2, 0.25) is 5.95 Å². The summed E-state index contributed by atoms with van der Waals surface area (Å²) in [6, 6.07) is 0. The maximum atomic E-state index is 10.2. The smallest absolute Gasteiger partial charge is 0.322 e. The number of carboxylic acid groups (broad SMARTS) is 1. The number of rotatable bonds is 5. The SMILES string of the molecule is NCCc1nc(NCC(=O)O)n[nH]1. The summed E-state index contributed by atoms with van der Waals surface area (Å²) in [6.45, 7) is 0.285. The monoisotopic (exact) mass is 185 g/mol. The lowest BCUT2D eigenvalue weighted by Gasteiger charge is -1.93. The third kappa shape index (κ3) is 3.08. The van der Waals surface area contributed by atoms with Gasteiger partial charge in [0.25, 0.3) is 0 Å². The number of nitrogens with one attached hydrogen (secondary N) is 2. The Bertz CT molecular complexity index is 284. The number of hydrogen-bond acceptors (Lipinski definition) is 5. The average molecular weight is 185 g/mol. The summed E-state index contributed by atoms with van der Waals surface area (Å²) < 4.78 is 0. The Morgan fingerprint density at radius 1 is 1.69 bits per heavy atom. The summed E-state index contributed by atoms with van der Waals surface area (Å²) in [6.07, 6.45) is 0.599. The van der Waals surface area contributed by atoms with Crippen molar-refractivity contribution in [1.82, 2.24) is 15.2 Å². The van der Waals surface area contributed by atoms with E-state index < -0.39 is 5.97 Å². The number of carbonyl (C=O) groups is 1. The number of aliphatic carboxylic acids is 1. The van der Waals surface area contributed by atoms with Crippen molar-refractivity contribution in [1.29, 1.82) is 0 Å². The maximum absolute atomic E-state index is 10.2. The van der Waals surface area contributed by atoms with Gasteiger partial charge < -0.3 is 16.2 Å². The van der Waals surface area contributed by atoms with E-state index in [-0.39, 0.29) is 12.5 Å². The van der Waals surface area contributed by atoms with E-state index in [2.05, 4.69) is 20.5 Å². The summed E-state index contributed by atoms with van der Waals surface area (Å²) in [5, 5.41) is 17.2. The molecule has 0 atom stereocenters. The van der Waals surface area contributed by atoms with Gasteiger partial charge in [-0.1, -0.05) is 0 Å². The average Bonchev–Trinajstić information content (AvgIpc) is 2.50. The van der Waals surface area contributed by atoms with Crippen molar-refractivity contribution >= 4 is 11.9 Å². The molecule has 1 heterocycles. The highest BCUT2D eigenvalue weighted by molar-refractivity contribution is 5.71. The predicted octanol–water partition coefficient (Wildman–Crippen LogP) is -1.20. The van der Waals surface area contributed by atoms with Crippen LogP contribution in [0.25, 0.3) is 0 Å². The summed E-state index contributed by atoms with van der Waals surface area (Å²) >= 11 is 0. The zero-order valence-corrected chi connectivity index (χ0v) is 6.95. The van der Waals surface area contributed by atoms with Crippen molar-refractivity contribution in [3.63, 3.8) is 0 Å². The van der Waals surface area contributed by atoms with E-state index in [0.717, 1.165) is 0 Å². The molecule has 0 aliphatic heterocycles. The second-order valence-corrected chi connectivity index (χ2v) is 2.39. The molecule has 0 saturated heterocycles. The molecule has 72 valence electrons. The molecule has 0 radical (unpaired) electrons. The van der Waals surface area contributed by atoms with Gasteiger partial charge in [-0.15, -0.1) is 5.10 Å². The molecule has 1 rings (SSSR count). The van der Waals surface area contributed by atoms with E-state index >= 15 is 0 Å². The Labute approximate surface area is 74.4 Å². The Morgan fingerprint density at radius 3 is 3.08 bits per heavy atom. The highest BCUT2D eigenvalue weighted by Gasteiger charge is 2.02. The number of H-pyrrole nitrogens is 1. The van der Waals surface area contributed by atoms with Crippen molar-refractivity contribution in [3.8, 4) is 0 Å². The fourth-order valence-electron chi connectivity index (χ4n) is 0.778. The first-order chi connectivity index (χ1) is 6.22. The number of aromatic nitrogens is 3. The highest BCUT2D eigenvalue weighted by Crippen LogP contribution is 1.97. The Balaban J connectivity index is 2.44. The number of hydrogen-bond donors (Lipinski definition) is 4. The zero-order chi connectivity index (χ0) is 9.68. The van der Waals surface area contributed by atoms with Crippen LogP contribution in [-0.2, 0) is 11.2 Å². The van der Waals surface area contributed by atoms with Crippen LogP contribution in [-0.4, -0.2) is 39.3 Å². The Hall–Kier alpha value is -1.63. The standard InChI is InChI=1S/C6H11N5O2/c7-2-1-4-9-6(11-10-4)8-3-5(12)13/h1-3,7H2,(H,12,13)(H2,8,9,10,11). The molecule has 7 heteroatoms. The molecule has 13 heavy (non-hydrogen) atoms. The summed E-state index contributed by atoms with van der Waals surface area (Å²) in [5.74, 6) is -0.0218. The van der Waals surface area contributed by atoms with Gasteiger partial charge in [-0.2, -0.15) is 4.98 Å². The molecule has 0 spiro atoms. The normalized spacial score (nSPS) is 9.92. The highest BCUT2D eigenvalue weighted by atomic mass is 16.4. The molecule has 0 aliphatic carbocycles. The lowest BCUT2D eigenvalue weighted by Crippen LogP contribution is -2.13. The molecule has 7 nitrogen and oxygen atoms in total. The molecule has 0 bridgehead atoms. The molecule has 0 aromatic carbocycles. The second kappa shape index (κ2) is 4.41. The van der Waals surface area contributed by atoms with Crippen molar-refractivity contribution < 1.29 is 9.90 Å². The van der Waals surface area contributed by atoms with Crippen molar-refractivity contribution in [3.05, 3.63) is 5.82 Å². The Kier molecular flexibility index (Phi) is 3.21. The molecule has 1 aromatic heterocycles. The van der Waals surface area contributed by atoms with Crippen molar-refractivity contribution in [2.45, 2.75) is 6.42 Å². The molecular formula is C6H11N5O2. The van der Waals surface area contributed by atoms with Crippen molar-refractivity contribution in [2.75, 3.05) is 18.4 Å². The minimum atomic E-state index is -0.954. The van der Waals surface area contributed by atoms with Crippen LogP contribution in [0.1, 0.15) is 5.82 Å². The number of carboxylic acids is 1. The fourth-order valence-corrected chi connectivity index (χ4v) is 0.778. The van der Waals surface area contributed by atoms with E-state index in [1.165, 1.54) is 0 Å². The lowest BCUT2D eigenvalue weighted by atomic mass is 10.4. The zero-order valence-electron chi connectivity index (χ0n) is 6.95. The van der Waals surface area contributed by atoms with E-state index in [1.807, 2.05) is 0 Å². The minimum absolute atomic E-state index is 0.195. The quantitative estimate of drug-likeness (QED) is 0.458. The fraction of sp³-hybridized carbons (Fsp3) is 0.500. The van der Waals surface area contributed by atoms with E-state index in [9.17, 15) is 4.79 Å². The number of aromatic amines is 1. The minimum Gasteiger partial charge on any atom is -0.480 e. The van der Waals surface area contributed by atoms with Gasteiger partial charge in [0.05, 0.1) is 0 Å². The topological polar surface area (TPSA) is 117 Å². The van der Waals surface area contributed by atoms with E-state index in [4.69, 9.17) is 10.8 Å². The molecular weight excluding hydrogens is 174 g/mol. The second-order valence-electron chi connectivity index (χ2n) is 2.39. The Morgan fingerprint density at radius 2 is 2.46 bits per heavy atom. The van der Waals surface area contributed by atoms with Gasteiger partial charge in [-0.05, 0) is 6.54 Å². The van der Waals surface area contributed by atoms with Crippen LogP contribution < -0.4 is 11.1 Å². The van der Waals surface area contributed by atoms with Crippen LogP contribution in [0.2, 0.25) is 0 Å².